The molecule has 0 saturated heterocycles. The first-order valence-corrected chi connectivity index (χ1v) is 3.70. The summed E-state index contributed by atoms with van der Waals surface area (Å²) in [6.45, 7) is 0. The van der Waals surface area contributed by atoms with Gasteiger partial charge >= 0.3 is 5.97 Å². The summed E-state index contributed by atoms with van der Waals surface area (Å²) in [5, 5.41) is 18.0. The molecule has 0 aliphatic rings. The van der Waals surface area contributed by atoms with E-state index in [1.807, 2.05) is 0 Å². The third kappa shape index (κ3) is 1.65. The Kier molecular flexibility index (Phi) is 2.49. The van der Waals surface area contributed by atoms with Crippen molar-refractivity contribution in [2.24, 2.45) is 0 Å². The highest BCUT2D eigenvalue weighted by atomic mass is 32.1. The molecule has 0 fully saturated rings. The largest absolute Gasteiger partial charge is 0.492 e. The molecular formula is C6H7NO4S. The number of hydrogen-bond donors (Lipinski definition) is 3. The predicted octanol–water partition coefficient (Wildman–Crippen LogP) is -0.216. The van der Waals surface area contributed by atoms with E-state index in [-0.39, 0.29) is 17.5 Å². The van der Waals surface area contributed by atoms with Gasteiger partial charge in [-0.05, 0) is 0 Å². The van der Waals surface area contributed by atoms with Gasteiger partial charge in [0.25, 0.3) is 0 Å². The van der Waals surface area contributed by atoms with Crippen LogP contribution >= 0.6 is 12.6 Å². The maximum absolute atomic E-state index is 10.6. The second kappa shape index (κ2) is 3.40. The Labute approximate surface area is 73.6 Å². The van der Waals surface area contributed by atoms with Crippen molar-refractivity contribution in [3.05, 3.63) is 12.1 Å². The van der Waals surface area contributed by atoms with Gasteiger partial charge in [0.2, 0.25) is 11.8 Å². The summed E-state index contributed by atoms with van der Waals surface area (Å²) in [7, 11) is 0. The SMILES string of the molecule is O=C(CS)On1c(O)ccc1O. The molecule has 0 radical (unpaired) electrons. The number of aromatic hydroxyl groups is 2. The van der Waals surface area contributed by atoms with Crippen LogP contribution in [-0.2, 0) is 4.79 Å². The van der Waals surface area contributed by atoms with Crippen LogP contribution in [0.15, 0.2) is 12.1 Å². The molecule has 1 aromatic heterocycles. The van der Waals surface area contributed by atoms with Crippen molar-refractivity contribution in [2.75, 3.05) is 5.75 Å². The lowest BCUT2D eigenvalue weighted by atomic mass is 10.6. The first-order valence-electron chi connectivity index (χ1n) is 3.07. The van der Waals surface area contributed by atoms with E-state index in [1.165, 1.54) is 12.1 Å². The summed E-state index contributed by atoms with van der Waals surface area (Å²) in [6, 6.07) is 2.39. The van der Waals surface area contributed by atoms with E-state index < -0.39 is 5.97 Å². The maximum Gasteiger partial charge on any atom is 0.342 e. The van der Waals surface area contributed by atoms with E-state index in [0.717, 1.165) is 0 Å². The lowest BCUT2D eigenvalue weighted by Gasteiger charge is -2.04. The molecule has 0 saturated carbocycles. The molecule has 0 spiro atoms. The Morgan fingerprint density at radius 3 is 2.42 bits per heavy atom. The monoisotopic (exact) mass is 189 g/mol. The van der Waals surface area contributed by atoms with Crippen LogP contribution < -0.4 is 4.84 Å². The first kappa shape index (κ1) is 8.79. The van der Waals surface area contributed by atoms with Crippen molar-refractivity contribution in [1.82, 2.24) is 4.73 Å². The predicted molar refractivity (Wildman–Crippen MR) is 43.2 cm³/mol. The molecule has 0 aromatic carbocycles. The van der Waals surface area contributed by atoms with Crippen molar-refractivity contribution in [3.8, 4) is 11.8 Å². The Morgan fingerprint density at radius 2 is 2.00 bits per heavy atom. The summed E-state index contributed by atoms with van der Waals surface area (Å²) in [4.78, 5) is 15.1. The van der Waals surface area contributed by atoms with E-state index in [2.05, 4.69) is 17.5 Å². The number of carbonyl (C=O) groups is 1. The first-order chi connectivity index (χ1) is 5.65. The molecule has 5 nitrogen and oxygen atoms in total. The molecule has 0 unspecified atom stereocenters. The number of rotatable bonds is 2. The van der Waals surface area contributed by atoms with Gasteiger partial charge in [-0.2, -0.15) is 12.6 Å². The van der Waals surface area contributed by atoms with Gasteiger partial charge in [0.15, 0.2) is 0 Å². The van der Waals surface area contributed by atoms with Crippen LogP contribution in [0.4, 0.5) is 0 Å². The number of carbonyl (C=O) groups excluding carboxylic acids is 1. The van der Waals surface area contributed by atoms with E-state index in [4.69, 9.17) is 10.2 Å². The lowest BCUT2D eigenvalue weighted by molar-refractivity contribution is -0.142. The zero-order chi connectivity index (χ0) is 9.14. The fourth-order valence-electron chi connectivity index (χ4n) is 0.626. The minimum absolute atomic E-state index is 0.128. The lowest BCUT2D eigenvalue weighted by Crippen LogP contribution is -2.19. The van der Waals surface area contributed by atoms with Gasteiger partial charge in [-0.15, -0.1) is 4.73 Å². The number of thiol groups is 1. The highest BCUT2D eigenvalue weighted by Gasteiger charge is 2.09. The molecule has 6 heteroatoms. The van der Waals surface area contributed by atoms with Crippen molar-refractivity contribution in [2.45, 2.75) is 0 Å². The van der Waals surface area contributed by atoms with Gasteiger partial charge < -0.3 is 15.1 Å². The average molecular weight is 189 g/mol. The van der Waals surface area contributed by atoms with Crippen LogP contribution in [0.3, 0.4) is 0 Å². The van der Waals surface area contributed by atoms with Crippen LogP contribution in [0.2, 0.25) is 0 Å². The van der Waals surface area contributed by atoms with Crippen molar-refractivity contribution >= 4 is 18.6 Å². The van der Waals surface area contributed by atoms with Gasteiger partial charge in [0, 0.05) is 12.1 Å². The van der Waals surface area contributed by atoms with Crippen LogP contribution in [-0.4, -0.2) is 26.7 Å². The molecule has 0 amide bonds. The van der Waals surface area contributed by atoms with E-state index in [0.29, 0.717) is 4.73 Å². The van der Waals surface area contributed by atoms with E-state index >= 15 is 0 Å². The topological polar surface area (TPSA) is 71.7 Å². The molecule has 12 heavy (non-hydrogen) atoms. The molecule has 1 heterocycles. The fourth-order valence-corrected chi connectivity index (χ4v) is 0.684. The quantitative estimate of drug-likeness (QED) is 0.563. The minimum atomic E-state index is -0.667. The summed E-state index contributed by atoms with van der Waals surface area (Å²) in [6.07, 6.45) is 0. The molecular weight excluding hydrogens is 182 g/mol. The van der Waals surface area contributed by atoms with Gasteiger partial charge in [0.05, 0.1) is 5.75 Å². The third-order valence-corrected chi connectivity index (χ3v) is 1.38. The van der Waals surface area contributed by atoms with Crippen LogP contribution in [0.25, 0.3) is 0 Å². The maximum atomic E-state index is 10.6. The van der Waals surface area contributed by atoms with E-state index in [1.54, 1.807) is 0 Å². The summed E-state index contributed by atoms with van der Waals surface area (Å²) < 4.78 is 0.610. The minimum Gasteiger partial charge on any atom is -0.492 e. The third-order valence-electron chi connectivity index (χ3n) is 1.12. The summed E-state index contributed by atoms with van der Waals surface area (Å²) in [5.41, 5.74) is 0. The zero-order valence-corrected chi connectivity index (χ0v) is 6.86. The zero-order valence-electron chi connectivity index (χ0n) is 5.97. The smallest absolute Gasteiger partial charge is 0.342 e. The number of aromatic nitrogens is 1. The molecule has 66 valence electrons. The van der Waals surface area contributed by atoms with E-state index in [9.17, 15) is 4.79 Å². The van der Waals surface area contributed by atoms with Gasteiger partial charge in [-0.3, -0.25) is 0 Å². The van der Waals surface area contributed by atoms with Crippen LogP contribution in [0.1, 0.15) is 0 Å². The number of hydrogen-bond acceptors (Lipinski definition) is 5. The molecule has 0 bridgehead atoms. The standard InChI is InChI=1S/C6H7NO4S/c8-4-1-2-5(9)7(4)11-6(10)3-12/h1-2,8-9,12H,3H2. The normalized spacial score (nSPS) is 9.75. The Morgan fingerprint density at radius 1 is 1.50 bits per heavy atom. The Balaban J connectivity index is 2.80. The van der Waals surface area contributed by atoms with Crippen LogP contribution in [0, 0.1) is 0 Å². The van der Waals surface area contributed by atoms with Gasteiger partial charge in [-0.1, -0.05) is 0 Å². The molecule has 0 aliphatic heterocycles. The molecule has 2 N–H and O–H groups in total. The van der Waals surface area contributed by atoms with Gasteiger partial charge in [-0.25, -0.2) is 4.79 Å². The molecule has 1 rings (SSSR count). The molecule has 1 aromatic rings. The second-order valence-electron chi connectivity index (χ2n) is 1.97. The Bertz CT molecular complexity index is 276. The summed E-state index contributed by atoms with van der Waals surface area (Å²) in [5.74, 6) is -1.48. The average Bonchev–Trinajstić information content (AvgIpc) is 2.35. The number of nitrogens with zero attached hydrogens (tertiary/aromatic N) is 1. The molecule has 0 atom stereocenters. The van der Waals surface area contributed by atoms with Crippen molar-refractivity contribution in [1.29, 1.82) is 0 Å². The van der Waals surface area contributed by atoms with Crippen LogP contribution in [0.5, 0.6) is 11.8 Å². The fraction of sp³-hybridized carbons (Fsp3) is 0.167. The highest BCUT2D eigenvalue weighted by Crippen LogP contribution is 2.18. The van der Waals surface area contributed by atoms with Crippen molar-refractivity contribution in [3.63, 3.8) is 0 Å². The highest BCUT2D eigenvalue weighted by molar-refractivity contribution is 7.81. The van der Waals surface area contributed by atoms with Gasteiger partial charge in [0.1, 0.15) is 0 Å². The Hall–Kier alpha value is -1.30. The van der Waals surface area contributed by atoms with Crippen molar-refractivity contribution < 1.29 is 19.8 Å². The molecule has 0 aliphatic carbocycles. The second-order valence-corrected chi connectivity index (χ2v) is 2.28. The summed E-state index contributed by atoms with van der Waals surface area (Å²) >= 11 is 3.64.